The lowest BCUT2D eigenvalue weighted by Crippen LogP contribution is -2.08. The molecule has 0 aliphatic carbocycles. The average molecular weight is 355 g/mol. The van der Waals surface area contributed by atoms with Crippen LogP contribution in [0.5, 0.6) is 5.75 Å². The molecule has 134 valence electrons. The van der Waals surface area contributed by atoms with Crippen LogP contribution >= 0.6 is 11.6 Å². The highest BCUT2D eigenvalue weighted by Crippen LogP contribution is 2.16. The Morgan fingerprint density at radius 2 is 1.50 bits per heavy atom. The molecule has 0 fully saturated rings. The van der Waals surface area contributed by atoms with Crippen LogP contribution in [0.25, 0.3) is 0 Å². The molecular weight excluding hydrogens is 328 g/mol. The van der Waals surface area contributed by atoms with E-state index in [1.807, 2.05) is 0 Å². The van der Waals surface area contributed by atoms with E-state index in [1.165, 1.54) is 12.8 Å². The maximum atomic E-state index is 11.7. The van der Waals surface area contributed by atoms with E-state index in [9.17, 15) is 9.59 Å². The van der Waals surface area contributed by atoms with Crippen LogP contribution in [0.15, 0.2) is 24.3 Å². The fourth-order valence-corrected chi connectivity index (χ4v) is 2.31. The SMILES string of the molecule is CCCCCCOC(=O)CCCCCC(=O)Oc1ccc(Cl)cc1. The third-order valence-corrected chi connectivity index (χ3v) is 3.82. The van der Waals surface area contributed by atoms with Gasteiger partial charge in [-0.05, 0) is 43.5 Å². The van der Waals surface area contributed by atoms with Crippen molar-refractivity contribution in [3.8, 4) is 5.75 Å². The van der Waals surface area contributed by atoms with Crippen molar-refractivity contribution in [1.82, 2.24) is 0 Å². The smallest absolute Gasteiger partial charge is 0.311 e. The van der Waals surface area contributed by atoms with Crippen LogP contribution in [0.2, 0.25) is 5.02 Å². The monoisotopic (exact) mass is 354 g/mol. The fraction of sp³-hybridized carbons (Fsp3) is 0.579. The van der Waals surface area contributed by atoms with Gasteiger partial charge < -0.3 is 9.47 Å². The number of rotatable bonds is 12. The minimum Gasteiger partial charge on any atom is -0.466 e. The van der Waals surface area contributed by atoms with Crippen LogP contribution in [0.4, 0.5) is 0 Å². The number of benzene rings is 1. The summed E-state index contributed by atoms with van der Waals surface area (Å²) in [5.41, 5.74) is 0. The van der Waals surface area contributed by atoms with Crippen molar-refractivity contribution in [3.05, 3.63) is 29.3 Å². The molecule has 0 saturated carbocycles. The molecule has 0 saturated heterocycles. The van der Waals surface area contributed by atoms with Crippen LogP contribution in [0, 0.1) is 0 Å². The molecule has 0 aliphatic heterocycles. The van der Waals surface area contributed by atoms with Crippen molar-refractivity contribution < 1.29 is 19.1 Å². The summed E-state index contributed by atoms with van der Waals surface area (Å²) in [7, 11) is 0. The van der Waals surface area contributed by atoms with Gasteiger partial charge in [0.05, 0.1) is 6.61 Å². The standard InChI is InChI=1S/C19H27ClO4/c1-2-3-4-8-15-23-18(21)9-6-5-7-10-19(22)24-17-13-11-16(20)12-14-17/h11-14H,2-10,15H2,1H3. The molecule has 0 aliphatic rings. The first-order valence-electron chi connectivity index (χ1n) is 8.73. The predicted molar refractivity (Wildman–Crippen MR) is 95.3 cm³/mol. The van der Waals surface area contributed by atoms with Crippen LogP contribution in [0.3, 0.4) is 0 Å². The molecular formula is C19H27ClO4. The largest absolute Gasteiger partial charge is 0.466 e. The van der Waals surface area contributed by atoms with E-state index in [0.717, 1.165) is 25.7 Å². The molecule has 0 atom stereocenters. The molecule has 0 N–H and O–H groups in total. The molecule has 1 aromatic rings. The molecule has 0 unspecified atom stereocenters. The highest BCUT2D eigenvalue weighted by Gasteiger charge is 2.06. The fourth-order valence-electron chi connectivity index (χ4n) is 2.19. The van der Waals surface area contributed by atoms with Gasteiger partial charge in [-0.1, -0.05) is 44.2 Å². The minimum absolute atomic E-state index is 0.143. The van der Waals surface area contributed by atoms with Crippen molar-refractivity contribution in [2.45, 2.75) is 64.7 Å². The Balaban J connectivity index is 2.00. The first kappa shape index (κ1) is 20.5. The van der Waals surface area contributed by atoms with E-state index < -0.39 is 0 Å². The van der Waals surface area contributed by atoms with Crippen molar-refractivity contribution >= 4 is 23.5 Å². The van der Waals surface area contributed by atoms with E-state index in [-0.39, 0.29) is 11.9 Å². The number of esters is 2. The Kier molecular flexibility index (Phi) is 10.9. The molecule has 0 amide bonds. The Morgan fingerprint density at radius 1 is 0.875 bits per heavy atom. The third-order valence-electron chi connectivity index (χ3n) is 3.57. The number of unbranched alkanes of at least 4 members (excludes halogenated alkanes) is 5. The molecule has 0 spiro atoms. The van der Waals surface area contributed by atoms with Gasteiger partial charge in [0.15, 0.2) is 0 Å². The molecule has 1 rings (SSSR count). The van der Waals surface area contributed by atoms with E-state index >= 15 is 0 Å². The van der Waals surface area contributed by atoms with Gasteiger partial charge in [-0.3, -0.25) is 9.59 Å². The summed E-state index contributed by atoms with van der Waals surface area (Å²) < 4.78 is 10.4. The van der Waals surface area contributed by atoms with E-state index in [4.69, 9.17) is 21.1 Å². The van der Waals surface area contributed by atoms with Crippen molar-refractivity contribution in [1.29, 1.82) is 0 Å². The summed E-state index contributed by atoms with van der Waals surface area (Å²) in [4.78, 5) is 23.2. The number of carbonyl (C=O) groups excluding carboxylic acids is 2. The van der Waals surface area contributed by atoms with Gasteiger partial charge in [0.2, 0.25) is 0 Å². The number of ether oxygens (including phenoxy) is 2. The van der Waals surface area contributed by atoms with Crippen molar-refractivity contribution in [2.75, 3.05) is 6.61 Å². The van der Waals surface area contributed by atoms with Crippen molar-refractivity contribution in [2.24, 2.45) is 0 Å². The van der Waals surface area contributed by atoms with E-state index in [0.29, 0.717) is 36.6 Å². The number of carbonyl (C=O) groups is 2. The van der Waals surface area contributed by atoms with Crippen molar-refractivity contribution in [3.63, 3.8) is 0 Å². The molecule has 24 heavy (non-hydrogen) atoms. The molecule has 0 heterocycles. The number of halogens is 1. The Morgan fingerprint density at radius 3 is 2.17 bits per heavy atom. The lowest BCUT2D eigenvalue weighted by molar-refractivity contribution is -0.143. The molecule has 4 nitrogen and oxygen atoms in total. The Hall–Kier alpha value is -1.55. The Bertz CT molecular complexity index is 485. The van der Waals surface area contributed by atoms with Gasteiger partial charge in [0.1, 0.15) is 5.75 Å². The first-order valence-corrected chi connectivity index (χ1v) is 9.11. The van der Waals surface area contributed by atoms with Crippen LogP contribution in [-0.4, -0.2) is 18.5 Å². The highest BCUT2D eigenvalue weighted by molar-refractivity contribution is 6.30. The number of hydrogen-bond acceptors (Lipinski definition) is 4. The van der Waals surface area contributed by atoms with E-state index in [2.05, 4.69) is 6.92 Å². The second-order valence-electron chi connectivity index (χ2n) is 5.77. The predicted octanol–water partition coefficient (Wildman–Crippen LogP) is 5.32. The minimum atomic E-state index is -0.268. The van der Waals surface area contributed by atoms with E-state index in [1.54, 1.807) is 24.3 Å². The molecule has 0 radical (unpaired) electrons. The lowest BCUT2D eigenvalue weighted by atomic mass is 10.1. The summed E-state index contributed by atoms with van der Waals surface area (Å²) in [6, 6.07) is 6.68. The van der Waals surface area contributed by atoms with Gasteiger partial charge in [-0.25, -0.2) is 0 Å². The molecule has 0 aromatic heterocycles. The molecule has 0 bridgehead atoms. The molecule has 5 heteroatoms. The third kappa shape index (κ3) is 10.3. The topological polar surface area (TPSA) is 52.6 Å². The summed E-state index contributed by atoms with van der Waals surface area (Å²) in [5, 5.41) is 0.604. The second kappa shape index (κ2) is 12.8. The van der Waals surface area contributed by atoms with Gasteiger partial charge in [0.25, 0.3) is 0 Å². The van der Waals surface area contributed by atoms with Gasteiger partial charge in [-0.2, -0.15) is 0 Å². The zero-order valence-electron chi connectivity index (χ0n) is 14.4. The second-order valence-corrected chi connectivity index (χ2v) is 6.21. The van der Waals surface area contributed by atoms with Crippen LogP contribution < -0.4 is 4.74 Å². The number of hydrogen-bond donors (Lipinski definition) is 0. The maximum absolute atomic E-state index is 11.7. The Labute approximate surface area is 149 Å². The summed E-state index contributed by atoms with van der Waals surface area (Å²) >= 11 is 5.77. The maximum Gasteiger partial charge on any atom is 0.311 e. The zero-order chi connectivity index (χ0) is 17.6. The summed E-state index contributed by atoms with van der Waals surface area (Å²) in [5.74, 6) is 0.0853. The lowest BCUT2D eigenvalue weighted by Gasteiger charge is -2.05. The first-order chi connectivity index (χ1) is 11.6. The molecule has 1 aromatic carbocycles. The average Bonchev–Trinajstić information content (AvgIpc) is 2.56. The highest BCUT2D eigenvalue weighted by atomic mass is 35.5. The van der Waals surface area contributed by atoms with Gasteiger partial charge in [0, 0.05) is 17.9 Å². The summed E-state index contributed by atoms with van der Waals surface area (Å²) in [6.07, 6.45) is 7.42. The normalized spacial score (nSPS) is 10.4. The summed E-state index contributed by atoms with van der Waals surface area (Å²) in [6.45, 7) is 2.67. The van der Waals surface area contributed by atoms with Crippen LogP contribution in [-0.2, 0) is 14.3 Å². The van der Waals surface area contributed by atoms with Gasteiger partial charge >= 0.3 is 11.9 Å². The zero-order valence-corrected chi connectivity index (χ0v) is 15.1. The quantitative estimate of drug-likeness (QED) is 0.289. The van der Waals surface area contributed by atoms with Crippen LogP contribution in [0.1, 0.15) is 64.7 Å². The van der Waals surface area contributed by atoms with Gasteiger partial charge in [-0.15, -0.1) is 0 Å².